The quantitative estimate of drug-likeness (QED) is 0.503. The fourth-order valence-electron chi connectivity index (χ4n) is 3.20. The number of aromatic nitrogens is 3. The molecular formula is C24H22N4. The molecule has 2 aromatic heterocycles. The molecule has 0 aliphatic carbocycles. The second-order valence-corrected chi connectivity index (χ2v) is 7.08. The Balaban J connectivity index is 1.61. The average molecular weight is 366 g/mol. The van der Waals surface area contributed by atoms with Crippen LogP contribution in [0.15, 0.2) is 67.5 Å². The van der Waals surface area contributed by atoms with Gasteiger partial charge in [0.2, 0.25) is 0 Å². The van der Waals surface area contributed by atoms with E-state index in [0.29, 0.717) is 0 Å². The smallest absolute Gasteiger partial charge is 0.159 e. The second-order valence-electron chi connectivity index (χ2n) is 7.08. The zero-order valence-electron chi connectivity index (χ0n) is 16.3. The monoisotopic (exact) mass is 366 g/mol. The lowest BCUT2D eigenvalue weighted by Crippen LogP contribution is -2.00. The number of rotatable bonds is 4. The molecule has 0 aliphatic rings. The maximum absolute atomic E-state index is 4.72. The summed E-state index contributed by atoms with van der Waals surface area (Å²) < 4.78 is 0. The van der Waals surface area contributed by atoms with Crippen LogP contribution < -0.4 is 5.32 Å². The zero-order valence-corrected chi connectivity index (χ0v) is 16.3. The highest BCUT2D eigenvalue weighted by Gasteiger charge is 2.08. The van der Waals surface area contributed by atoms with E-state index in [0.717, 1.165) is 50.5 Å². The molecule has 4 aromatic rings. The minimum absolute atomic E-state index is 0.731. The number of aryl methyl sites for hydroxylation is 3. The molecule has 0 fully saturated rings. The van der Waals surface area contributed by atoms with E-state index >= 15 is 0 Å². The Labute approximate surface area is 165 Å². The maximum atomic E-state index is 4.72. The largest absolute Gasteiger partial charge is 0.355 e. The van der Waals surface area contributed by atoms with Crippen molar-refractivity contribution < 1.29 is 0 Å². The van der Waals surface area contributed by atoms with Crippen LogP contribution in [-0.4, -0.2) is 15.0 Å². The van der Waals surface area contributed by atoms with Crippen LogP contribution in [0.3, 0.4) is 0 Å². The normalized spacial score (nSPS) is 10.8. The van der Waals surface area contributed by atoms with Crippen molar-refractivity contribution in [1.29, 1.82) is 0 Å². The number of nitrogens with zero attached hydrogens (tertiary/aromatic N) is 3. The van der Waals surface area contributed by atoms with Crippen LogP contribution in [0.25, 0.3) is 28.0 Å². The average Bonchev–Trinajstić information content (AvgIpc) is 2.69. The number of pyridine rings is 1. The van der Waals surface area contributed by atoms with Gasteiger partial charge in [0.15, 0.2) is 5.82 Å². The predicted molar refractivity (Wildman–Crippen MR) is 116 cm³/mol. The Bertz CT molecular complexity index is 1190. The van der Waals surface area contributed by atoms with Gasteiger partial charge < -0.3 is 5.32 Å². The van der Waals surface area contributed by atoms with E-state index in [-0.39, 0.29) is 0 Å². The lowest BCUT2D eigenvalue weighted by molar-refractivity contribution is 1.19. The summed E-state index contributed by atoms with van der Waals surface area (Å²) in [5.41, 5.74) is 8.13. The van der Waals surface area contributed by atoms with Gasteiger partial charge in [0.1, 0.15) is 0 Å². The molecule has 4 nitrogen and oxygen atoms in total. The molecule has 0 atom stereocenters. The van der Waals surface area contributed by atoms with Crippen LogP contribution >= 0.6 is 0 Å². The van der Waals surface area contributed by atoms with Crippen LogP contribution in [0, 0.1) is 20.8 Å². The summed E-state index contributed by atoms with van der Waals surface area (Å²) in [6.45, 7) is 10.3. The first-order valence-electron chi connectivity index (χ1n) is 9.23. The minimum atomic E-state index is 0.731. The van der Waals surface area contributed by atoms with Gasteiger partial charge in [-0.1, -0.05) is 18.2 Å². The van der Waals surface area contributed by atoms with Crippen molar-refractivity contribution in [3.05, 3.63) is 89.9 Å². The van der Waals surface area contributed by atoms with Crippen molar-refractivity contribution in [1.82, 2.24) is 15.0 Å². The SMILES string of the molecule is C=C(Nc1ccc(-c2ncc3cc(C)ccc3n2)cc1C)c1ccnc(C)c1. The Morgan fingerprint density at radius 3 is 2.57 bits per heavy atom. The topological polar surface area (TPSA) is 50.7 Å². The Morgan fingerprint density at radius 2 is 1.79 bits per heavy atom. The molecule has 0 saturated carbocycles. The van der Waals surface area contributed by atoms with Crippen LogP contribution in [0.5, 0.6) is 0 Å². The lowest BCUT2D eigenvalue weighted by atomic mass is 10.1. The van der Waals surface area contributed by atoms with Crippen LogP contribution in [-0.2, 0) is 0 Å². The summed E-state index contributed by atoms with van der Waals surface area (Å²) in [5.74, 6) is 0.731. The van der Waals surface area contributed by atoms with E-state index in [9.17, 15) is 0 Å². The van der Waals surface area contributed by atoms with E-state index in [2.05, 4.69) is 53.9 Å². The fourth-order valence-corrected chi connectivity index (χ4v) is 3.20. The predicted octanol–water partition coefficient (Wildman–Crippen LogP) is 5.70. The molecule has 138 valence electrons. The van der Waals surface area contributed by atoms with Crippen LogP contribution in [0.2, 0.25) is 0 Å². The van der Waals surface area contributed by atoms with Crippen molar-refractivity contribution in [3.63, 3.8) is 0 Å². The standard InChI is InChI=1S/C24H22N4/c1-15-5-7-23-21(11-15)14-26-24(28-23)20-6-8-22(16(2)12-20)27-18(4)19-9-10-25-17(3)13-19/h5-14,27H,4H2,1-3H3. The number of hydrogen-bond donors (Lipinski definition) is 1. The fraction of sp³-hybridized carbons (Fsp3) is 0.125. The first-order chi connectivity index (χ1) is 13.5. The summed E-state index contributed by atoms with van der Waals surface area (Å²) in [5, 5.41) is 4.46. The second kappa shape index (κ2) is 7.24. The molecular weight excluding hydrogens is 344 g/mol. The first kappa shape index (κ1) is 17.9. The van der Waals surface area contributed by atoms with Crippen LogP contribution in [0.1, 0.15) is 22.4 Å². The molecule has 2 heterocycles. The highest BCUT2D eigenvalue weighted by atomic mass is 14.9. The minimum Gasteiger partial charge on any atom is -0.355 e. The molecule has 0 bridgehead atoms. The Hall–Kier alpha value is -3.53. The van der Waals surface area contributed by atoms with Crippen molar-refractivity contribution in [2.45, 2.75) is 20.8 Å². The lowest BCUT2D eigenvalue weighted by Gasteiger charge is -2.14. The molecule has 4 rings (SSSR count). The molecule has 0 spiro atoms. The Morgan fingerprint density at radius 1 is 0.929 bits per heavy atom. The molecule has 1 N–H and O–H groups in total. The summed E-state index contributed by atoms with van der Waals surface area (Å²) in [6, 6.07) is 16.4. The summed E-state index contributed by atoms with van der Waals surface area (Å²) >= 11 is 0. The van der Waals surface area contributed by atoms with Gasteiger partial charge in [0.25, 0.3) is 0 Å². The summed E-state index contributed by atoms with van der Waals surface area (Å²) in [4.78, 5) is 13.5. The third kappa shape index (κ3) is 3.62. The molecule has 0 aliphatic heterocycles. The number of hydrogen-bond acceptors (Lipinski definition) is 4. The number of fused-ring (bicyclic) bond motifs is 1. The highest BCUT2D eigenvalue weighted by Crippen LogP contribution is 2.26. The third-order valence-electron chi connectivity index (χ3n) is 4.75. The molecule has 28 heavy (non-hydrogen) atoms. The van der Waals surface area contributed by atoms with Gasteiger partial charge >= 0.3 is 0 Å². The van der Waals surface area contributed by atoms with E-state index in [4.69, 9.17) is 4.98 Å². The van der Waals surface area contributed by atoms with Gasteiger partial charge in [-0.15, -0.1) is 0 Å². The summed E-state index contributed by atoms with van der Waals surface area (Å²) in [7, 11) is 0. The molecule has 2 aromatic carbocycles. The zero-order chi connectivity index (χ0) is 19.7. The number of anilines is 1. The molecule has 0 amide bonds. The van der Waals surface area contributed by atoms with Crippen molar-refractivity contribution >= 4 is 22.3 Å². The van der Waals surface area contributed by atoms with Gasteiger partial charge in [0, 0.05) is 46.0 Å². The molecule has 0 radical (unpaired) electrons. The first-order valence-corrected chi connectivity index (χ1v) is 9.23. The highest BCUT2D eigenvalue weighted by molar-refractivity contribution is 5.81. The number of nitrogens with one attached hydrogen (secondary N) is 1. The van der Waals surface area contributed by atoms with E-state index < -0.39 is 0 Å². The van der Waals surface area contributed by atoms with Crippen molar-refractivity contribution in [2.24, 2.45) is 0 Å². The number of benzene rings is 2. The van der Waals surface area contributed by atoms with Gasteiger partial charge in [0.05, 0.1) is 5.52 Å². The molecule has 0 saturated heterocycles. The third-order valence-corrected chi connectivity index (χ3v) is 4.75. The summed E-state index contributed by atoms with van der Waals surface area (Å²) in [6.07, 6.45) is 3.69. The van der Waals surface area contributed by atoms with E-state index in [1.54, 1.807) is 6.20 Å². The molecule has 0 unspecified atom stereocenters. The van der Waals surface area contributed by atoms with Crippen molar-refractivity contribution in [2.75, 3.05) is 5.32 Å². The molecule has 4 heteroatoms. The van der Waals surface area contributed by atoms with Crippen molar-refractivity contribution in [3.8, 4) is 11.4 Å². The van der Waals surface area contributed by atoms with Gasteiger partial charge in [-0.2, -0.15) is 0 Å². The van der Waals surface area contributed by atoms with E-state index in [1.807, 2.05) is 43.5 Å². The van der Waals surface area contributed by atoms with E-state index in [1.165, 1.54) is 5.56 Å². The van der Waals surface area contributed by atoms with Gasteiger partial charge in [-0.25, -0.2) is 9.97 Å². The van der Waals surface area contributed by atoms with Gasteiger partial charge in [-0.3, -0.25) is 4.98 Å². The van der Waals surface area contributed by atoms with Crippen LogP contribution in [0.4, 0.5) is 5.69 Å². The Kier molecular flexibility index (Phi) is 4.62. The maximum Gasteiger partial charge on any atom is 0.159 e. The van der Waals surface area contributed by atoms with Gasteiger partial charge in [-0.05, 0) is 68.8 Å².